The van der Waals surface area contributed by atoms with Crippen molar-refractivity contribution < 1.29 is 14.9 Å². The number of rotatable bonds is 0. The Labute approximate surface area is 54.3 Å². The molecule has 3 atom stereocenters. The quantitative estimate of drug-likeness (QED) is 0.482. The predicted octanol–water partition coefficient (Wildman–Crippen LogP) is -0.135. The summed E-state index contributed by atoms with van der Waals surface area (Å²) >= 11 is 0. The molecule has 0 aliphatic carbocycles. The second-order valence-electron chi connectivity index (χ2n) is 2.44. The molecule has 0 aromatic carbocycles. The topological polar surface area (TPSA) is 49.7 Å². The monoisotopic (exact) mass is 132 g/mol. The van der Waals surface area contributed by atoms with Crippen molar-refractivity contribution in [3.63, 3.8) is 0 Å². The van der Waals surface area contributed by atoms with Gasteiger partial charge in [0.2, 0.25) is 0 Å². The van der Waals surface area contributed by atoms with E-state index in [-0.39, 0.29) is 6.10 Å². The fourth-order valence-electron chi connectivity index (χ4n) is 0.955. The molecule has 9 heavy (non-hydrogen) atoms. The van der Waals surface area contributed by atoms with Crippen molar-refractivity contribution in [3.8, 4) is 0 Å². The summed E-state index contributed by atoms with van der Waals surface area (Å²) in [7, 11) is 0. The van der Waals surface area contributed by atoms with Crippen LogP contribution in [0.25, 0.3) is 0 Å². The van der Waals surface area contributed by atoms with Gasteiger partial charge in [-0.05, 0) is 13.3 Å². The molecule has 1 aliphatic rings. The lowest BCUT2D eigenvalue weighted by atomic mass is 10.1. The molecular formula is C6H12O3. The first kappa shape index (κ1) is 6.99. The normalized spacial score (nSPS) is 45.0. The third-order valence-electron chi connectivity index (χ3n) is 1.62. The molecule has 0 unspecified atom stereocenters. The molecule has 1 saturated heterocycles. The van der Waals surface area contributed by atoms with Gasteiger partial charge in [-0.2, -0.15) is 0 Å². The van der Waals surface area contributed by atoms with Crippen LogP contribution in [0.5, 0.6) is 0 Å². The minimum absolute atomic E-state index is 0.214. The third kappa shape index (κ3) is 1.64. The van der Waals surface area contributed by atoms with Crippen LogP contribution < -0.4 is 0 Å². The van der Waals surface area contributed by atoms with Crippen LogP contribution in [0.1, 0.15) is 19.8 Å². The summed E-state index contributed by atoms with van der Waals surface area (Å²) in [6, 6.07) is 0. The first-order valence-electron chi connectivity index (χ1n) is 3.21. The Morgan fingerprint density at radius 2 is 2.00 bits per heavy atom. The van der Waals surface area contributed by atoms with Crippen LogP contribution >= 0.6 is 0 Å². The molecule has 0 aromatic heterocycles. The highest BCUT2D eigenvalue weighted by Gasteiger charge is 2.24. The summed E-state index contributed by atoms with van der Waals surface area (Å²) in [6.45, 7) is 1.76. The van der Waals surface area contributed by atoms with Gasteiger partial charge in [0.15, 0.2) is 6.29 Å². The third-order valence-corrected chi connectivity index (χ3v) is 1.62. The summed E-state index contributed by atoms with van der Waals surface area (Å²) in [4.78, 5) is 0. The maximum Gasteiger partial charge on any atom is 0.155 e. The summed E-state index contributed by atoms with van der Waals surface area (Å²) in [5, 5.41) is 17.9. The first-order chi connectivity index (χ1) is 4.20. The van der Waals surface area contributed by atoms with Crippen molar-refractivity contribution in [2.45, 2.75) is 38.3 Å². The van der Waals surface area contributed by atoms with Gasteiger partial charge in [0.1, 0.15) is 0 Å². The molecule has 0 amide bonds. The maximum atomic E-state index is 9.06. The molecule has 0 radical (unpaired) electrons. The van der Waals surface area contributed by atoms with Crippen molar-refractivity contribution in [2.24, 2.45) is 0 Å². The molecule has 0 saturated carbocycles. The van der Waals surface area contributed by atoms with Crippen LogP contribution in [0, 0.1) is 0 Å². The van der Waals surface area contributed by atoms with Crippen LogP contribution in [-0.4, -0.2) is 28.7 Å². The maximum absolute atomic E-state index is 9.06. The number of ether oxygens (including phenoxy) is 1. The Morgan fingerprint density at radius 3 is 2.44 bits per heavy atom. The summed E-state index contributed by atoms with van der Waals surface area (Å²) in [5.41, 5.74) is 0. The molecule has 1 aliphatic heterocycles. The van der Waals surface area contributed by atoms with E-state index in [4.69, 9.17) is 14.9 Å². The van der Waals surface area contributed by atoms with E-state index in [1.165, 1.54) is 0 Å². The molecule has 54 valence electrons. The van der Waals surface area contributed by atoms with E-state index < -0.39 is 12.4 Å². The molecule has 2 N–H and O–H groups in total. The standard InChI is InChI=1S/C6H12O3/c1-4-5(7)2-3-6(8)9-4/h4-8H,2-3H2,1H3/t4-,5+,6+/m1/s1. The highest BCUT2D eigenvalue weighted by atomic mass is 16.6. The zero-order chi connectivity index (χ0) is 6.85. The molecule has 3 heteroatoms. The molecule has 3 nitrogen and oxygen atoms in total. The van der Waals surface area contributed by atoms with E-state index in [9.17, 15) is 0 Å². The van der Waals surface area contributed by atoms with Crippen molar-refractivity contribution in [3.05, 3.63) is 0 Å². The Hall–Kier alpha value is -0.120. The number of aliphatic hydroxyl groups excluding tert-OH is 2. The summed E-state index contributed by atoms with van der Waals surface area (Å²) < 4.78 is 4.90. The van der Waals surface area contributed by atoms with Crippen LogP contribution in [-0.2, 0) is 4.74 Å². The fraction of sp³-hybridized carbons (Fsp3) is 1.00. The summed E-state index contributed by atoms with van der Waals surface area (Å²) in [5.74, 6) is 0. The van der Waals surface area contributed by atoms with Gasteiger partial charge < -0.3 is 14.9 Å². The molecule has 0 spiro atoms. The van der Waals surface area contributed by atoms with Crippen molar-refractivity contribution in [2.75, 3.05) is 0 Å². The number of aliphatic hydroxyl groups is 2. The highest BCUT2D eigenvalue weighted by molar-refractivity contribution is 4.69. The SMILES string of the molecule is C[C@H]1O[C@H](O)CC[C@@H]1O. The van der Waals surface area contributed by atoms with Gasteiger partial charge in [-0.25, -0.2) is 0 Å². The van der Waals surface area contributed by atoms with E-state index in [1.54, 1.807) is 6.92 Å². The molecule has 0 aromatic rings. The van der Waals surface area contributed by atoms with Crippen molar-refractivity contribution in [1.29, 1.82) is 0 Å². The van der Waals surface area contributed by atoms with Crippen LogP contribution in [0.2, 0.25) is 0 Å². The zero-order valence-electron chi connectivity index (χ0n) is 5.45. The lowest BCUT2D eigenvalue weighted by Crippen LogP contribution is -2.36. The molecular weight excluding hydrogens is 120 g/mol. The van der Waals surface area contributed by atoms with E-state index in [1.807, 2.05) is 0 Å². The minimum atomic E-state index is -0.664. The van der Waals surface area contributed by atoms with Crippen LogP contribution in [0.3, 0.4) is 0 Å². The second-order valence-corrected chi connectivity index (χ2v) is 2.44. The second kappa shape index (κ2) is 2.64. The van der Waals surface area contributed by atoms with Crippen LogP contribution in [0.15, 0.2) is 0 Å². The largest absolute Gasteiger partial charge is 0.390 e. The van der Waals surface area contributed by atoms with E-state index in [0.29, 0.717) is 12.8 Å². The van der Waals surface area contributed by atoms with E-state index in [0.717, 1.165) is 0 Å². The van der Waals surface area contributed by atoms with Crippen molar-refractivity contribution in [1.82, 2.24) is 0 Å². The lowest BCUT2D eigenvalue weighted by Gasteiger charge is -2.28. The molecule has 1 rings (SSSR count). The van der Waals surface area contributed by atoms with Crippen LogP contribution in [0.4, 0.5) is 0 Å². The minimum Gasteiger partial charge on any atom is -0.390 e. The van der Waals surface area contributed by atoms with Gasteiger partial charge in [0.25, 0.3) is 0 Å². The van der Waals surface area contributed by atoms with Crippen molar-refractivity contribution >= 4 is 0 Å². The van der Waals surface area contributed by atoms with E-state index in [2.05, 4.69) is 0 Å². The Bertz CT molecular complexity index is 94.3. The lowest BCUT2D eigenvalue weighted by molar-refractivity contribution is -0.192. The molecule has 1 heterocycles. The van der Waals surface area contributed by atoms with Gasteiger partial charge in [-0.3, -0.25) is 0 Å². The predicted molar refractivity (Wildman–Crippen MR) is 31.8 cm³/mol. The first-order valence-corrected chi connectivity index (χ1v) is 3.21. The number of hydrogen-bond acceptors (Lipinski definition) is 3. The Morgan fingerprint density at radius 1 is 1.33 bits per heavy atom. The Balaban J connectivity index is 2.35. The fourth-order valence-corrected chi connectivity index (χ4v) is 0.955. The van der Waals surface area contributed by atoms with Gasteiger partial charge in [-0.1, -0.05) is 0 Å². The molecule has 0 bridgehead atoms. The highest BCUT2D eigenvalue weighted by Crippen LogP contribution is 2.16. The van der Waals surface area contributed by atoms with Gasteiger partial charge in [-0.15, -0.1) is 0 Å². The number of hydrogen-bond donors (Lipinski definition) is 2. The zero-order valence-corrected chi connectivity index (χ0v) is 5.45. The smallest absolute Gasteiger partial charge is 0.155 e. The van der Waals surface area contributed by atoms with E-state index >= 15 is 0 Å². The Kier molecular flexibility index (Phi) is 2.05. The average molecular weight is 132 g/mol. The molecule has 1 fully saturated rings. The average Bonchev–Trinajstić information content (AvgIpc) is 1.80. The summed E-state index contributed by atoms with van der Waals surface area (Å²) in [6.07, 6.45) is -0.0843. The van der Waals surface area contributed by atoms with Gasteiger partial charge in [0.05, 0.1) is 12.2 Å². The van der Waals surface area contributed by atoms with Gasteiger partial charge >= 0.3 is 0 Å². The van der Waals surface area contributed by atoms with Gasteiger partial charge in [0, 0.05) is 6.42 Å².